The Hall–Kier alpha value is -2.54. The standard InChI is InChI=1S/C18H17F2N3OS/c1-11-9-13(7-8-21-11)17(25-3)12(2)22-10-23-18(24)16-14(19)5-4-6-15(16)20/h4-10H,1-3H3,(H,22,23,24)/b17-12-. The summed E-state index contributed by atoms with van der Waals surface area (Å²) in [5.41, 5.74) is 1.86. The Morgan fingerprint density at radius 1 is 1.28 bits per heavy atom. The van der Waals surface area contributed by atoms with E-state index in [-0.39, 0.29) is 0 Å². The number of amides is 1. The highest BCUT2D eigenvalue weighted by molar-refractivity contribution is 8.07. The minimum absolute atomic E-state index is 0.634. The molecule has 0 saturated heterocycles. The Labute approximate surface area is 149 Å². The zero-order valence-electron chi connectivity index (χ0n) is 14.0. The molecule has 1 N–H and O–H groups in total. The van der Waals surface area contributed by atoms with Gasteiger partial charge in [-0.05, 0) is 49.9 Å². The molecule has 1 aromatic carbocycles. The Morgan fingerprint density at radius 3 is 2.56 bits per heavy atom. The van der Waals surface area contributed by atoms with Gasteiger partial charge in [-0.3, -0.25) is 9.78 Å². The first-order valence-electron chi connectivity index (χ1n) is 7.39. The third-order valence-corrected chi connectivity index (χ3v) is 4.27. The lowest BCUT2D eigenvalue weighted by Gasteiger charge is -2.08. The van der Waals surface area contributed by atoms with Crippen molar-refractivity contribution in [2.75, 3.05) is 6.26 Å². The number of rotatable bonds is 5. The zero-order valence-corrected chi connectivity index (χ0v) is 14.8. The van der Waals surface area contributed by atoms with E-state index in [9.17, 15) is 13.6 Å². The lowest BCUT2D eigenvalue weighted by molar-refractivity contribution is 0.0970. The minimum atomic E-state index is -0.921. The van der Waals surface area contributed by atoms with Crippen LogP contribution in [0.25, 0.3) is 4.91 Å². The van der Waals surface area contributed by atoms with Crippen LogP contribution >= 0.6 is 11.8 Å². The van der Waals surface area contributed by atoms with E-state index >= 15 is 0 Å². The summed E-state index contributed by atoms with van der Waals surface area (Å²) < 4.78 is 27.1. The van der Waals surface area contributed by atoms with Crippen molar-refractivity contribution in [1.82, 2.24) is 10.3 Å². The topological polar surface area (TPSA) is 54.4 Å². The molecule has 2 aromatic rings. The predicted molar refractivity (Wildman–Crippen MR) is 97.4 cm³/mol. The molecule has 0 unspecified atom stereocenters. The second-order valence-corrected chi connectivity index (χ2v) is 5.95. The van der Waals surface area contributed by atoms with Crippen molar-refractivity contribution in [2.24, 2.45) is 4.99 Å². The van der Waals surface area contributed by atoms with Gasteiger partial charge in [0.2, 0.25) is 0 Å². The normalized spacial score (nSPS) is 12.2. The number of pyridine rings is 1. The van der Waals surface area contributed by atoms with Crippen molar-refractivity contribution in [1.29, 1.82) is 0 Å². The van der Waals surface area contributed by atoms with E-state index in [1.165, 1.54) is 17.8 Å². The molecule has 0 aliphatic carbocycles. The van der Waals surface area contributed by atoms with Crippen LogP contribution in [-0.4, -0.2) is 23.5 Å². The molecule has 0 aliphatic rings. The number of allylic oxidation sites excluding steroid dienone is 1. The maximum absolute atomic E-state index is 13.6. The van der Waals surface area contributed by atoms with E-state index in [4.69, 9.17) is 0 Å². The molecule has 0 spiro atoms. The van der Waals surface area contributed by atoms with Gasteiger partial charge >= 0.3 is 0 Å². The SMILES string of the molecule is CS/C(=C(/C)N=CNC(=O)c1c(F)cccc1F)c1ccnc(C)c1. The number of aromatic nitrogens is 1. The van der Waals surface area contributed by atoms with Crippen LogP contribution in [0.3, 0.4) is 0 Å². The molecule has 0 saturated carbocycles. The third kappa shape index (κ3) is 4.73. The minimum Gasteiger partial charge on any atom is -0.313 e. The second-order valence-electron chi connectivity index (χ2n) is 5.13. The molecule has 4 nitrogen and oxygen atoms in total. The number of aliphatic imine (C=N–C) groups is 1. The molecule has 0 radical (unpaired) electrons. The molecule has 1 aromatic heterocycles. The first-order chi connectivity index (χ1) is 11.9. The number of nitrogens with zero attached hydrogens (tertiary/aromatic N) is 2. The lowest BCUT2D eigenvalue weighted by atomic mass is 10.2. The number of thioether (sulfide) groups is 1. The van der Waals surface area contributed by atoms with Gasteiger partial charge in [-0.2, -0.15) is 0 Å². The van der Waals surface area contributed by atoms with Crippen LogP contribution in [0, 0.1) is 18.6 Å². The van der Waals surface area contributed by atoms with Crippen LogP contribution in [0.1, 0.15) is 28.5 Å². The Balaban J connectivity index is 2.18. The fraction of sp³-hybridized carbons (Fsp3) is 0.167. The Bertz CT molecular complexity index is 830. The summed E-state index contributed by atoms with van der Waals surface area (Å²) in [6.45, 7) is 3.68. The highest BCUT2D eigenvalue weighted by Crippen LogP contribution is 2.29. The van der Waals surface area contributed by atoms with Gasteiger partial charge in [0.25, 0.3) is 5.91 Å². The van der Waals surface area contributed by atoms with Gasteiger partial charge < -0.3 is 5.32 Å². The number of hydrogen-bond donors (Lipinski definition) is 1. The molecular formula is C18H17F2N3OS. The second kappa shape index (κ2) is 8.53. The van der Waals surface area contributed by atoms with E-state index in [0.717, 1.165) is 34.6 Å². The number of carbonyl (C=O) groups excluding carboxylic acids is 1. The lowest BCUT2D eigenvalue weighted by Crippen LogP contribution is -2.24. The van der Waals surface area contributed by atoms with Gasteiger partial charge in [0.1, 0.15) is 17.2 Å². The summed E-state index contributed by atoms with van der Waals surface area (Å²) in [7, 11) is 0. The van der Waals surface area contributed by atoms with E-state index in [0.29, 0.717) is 5.70 Å². The molecule has 1 heterocycles. The predicted octanol–water partition coefficient (Wildman–Crippen LogP) is 4.18. The smallest absolute Gasteiger partial charge is 0.262 e. The average molecular weight is 361 g/mol. The number of benzene rings is 1. The van der Waals surface area contributed by atoms with Crippen LogP contribution in [0.4, 0.5) is 8.78 Å². The summed E-state index contributed by atoms with van der Waals surface area (Å²) in [5.74, 6) is -2.73. The maximum atomic E-state index is 13.6. The van der Waals surface area contributed by atoms with Crippen LogP contribution in [-0.2, 0) is 0 Å². The largest absolute Gasteiger partial charge is 0.313 e. The number of nitrogens with one attached hydrogen (secondary N) is 1. The van der Waals surface area contributed by atoms with Gasteiger partial charge in [0.15, 0.2) is 0 Å². The molecule has 0 aliphatic heterocycles. The molecule has 0 fully saturated rings. The van der Waals surface area contributed by atoms with Crippen molar-refractivity contribution in [3.05, 3.63) is 70.7 Å². The summed E-state index contributed by atoms with van der Waals surface area (Å²) in [6, 6.07) is 7.04. The summed E-state index contributed by atoms with van der Waals surface area (Å²) in [4.78, 5) is 21.1. The van der Waals surface area contributed by atoms with Crippen molar-refractivity contribution < 1.29 is 13.6 Å². The number of hydrogen-bond acceptors (Lipinski definition) is 4. The quantitative estimate of drug-likeness (QED) is 0.642. The maximum Gasteiger partial charge on any atom is 0.262 e. The molecule has 7 heteroatoms. The third-order valence-electron chi connectivity index (χ3n) is 3.34. The zero-order chi connectivity index (χ0) is 18.4. The fourth-order valence-electron chi connectivity index (χ4n) is 2.19. The van der Waals surface area contributed by atoms with Gasteiger partial charge in [0.05, 0.1) is 12.0 Å². The van der Waals surface area contributed by atoms with Crippen LogP contribution in [0.2, 0.25) is 0 Å². The van der Waals surface area contributed by atoms with Gasteiger partial charge in [-0.1, -0.05) is 6.07 Å². The number of carbonyl (C=O) groups is 1. The van der Waals surface area contributed by atoms with Crippen LogP contribution in [0.15, 0.2) is 47.2 Å². The first-order valence-corrected chi connectivity index (χ1v) is 8.61. The number of halogens is 2. The van der Waals surface area contributed by atoms with Gasteiger partial charge in [-0.15, -0.1) is 11.8 Å². The Kier molecular flexibility index (Phi) is 6.41. The van der Waals surface area contributed by atoms with Crippen molar-refractivity contribution in [3.63, 3.8) is 0 Å². The molecule has 25 heavy (non-hydrogen) atoms. The van der Waals surface area contributed by atoms with Crippen LogP contribution < -0.4 is 5.32 Å². The van der Waals surface area contributed by atoms with E-state index < -0.39 is 23.1 Å². The van der Waals surface area contributed by atoms with Crippen molar-refractivity contribution in [3.8, 4) is 0 Å². The average Bonchev–Trinajstić information content (AvgIpc) is 2.55. The Morgan fingerprint density at radius 2 is 1.96 bits per heavy atom. The van der Waals surface area contributed by atoms with Crippen LogP contribution in [0.5, 0.6) is 0 Å². The molecular weight excluding hydrogens is 344 g/mol. The van der Waals surface area contributed by atoms with Crippen molar-refractivity contribution in [2.45, 2.75) is 13.8 Å². The van der Waals surface area contributed by atoms with Gasteiger partial charge in [0, 0.05) is 16.8 Å². The van der Waals surface area contributed by atoms with Crippen molar-refractivity contribution >= 4 is 28.9 Å². The molecule has 1 amide bonds. The number of aryl methyl sites for hydroxylation is 1. The fourth-order valence-corrected chi connectivity index (χ4v) is 2.91. The highest BCUT2D eigenvalue weighted by Gasteiger charge is 2.15. The summed E-state index contributed by atoms with van der Waals surface area (Å²) >= 11 is 1.51. The molecule has 130 valence electrons. The summed E-state index contributed by atoms with van der Waals surface area (Å²) in [5, 5.41) is 2.29. The van der Waals surface area contributed by atoms with E-state index in [2.05, 4.69) is 15.3 Å². The molecule has 0 atom stereocenters. The molecule has 0 bridgehead atoms. The summed E-state index contributed by atoms with van der Waals surface area (Å²) in [6.07, 6.45) is 4.76. The first kappa shape index (κ1) is 18.8. The monoisotopic (exact) mass is 361 g/mol. The van der Waals surface area contributed by atoms with E-state index in [1.807, 2.05) is 25.3 Å². The van der Waals surface area contributed by atoms with E-state index in [1.54, 1.807) is 13.1 Å². The highest BCUT2D eigenvalue weighted by atomic mass is 32.2. The van der Waals surface area contributed by atoms with Gasteiger partial charge in [-0.25, -0.2) is 13.8 Å². The molecule has 2 rings (SSSR count).